The summed E-state index contributed by atoms with van der Waals surface area (Å²) in [6, 6.07) is 5.99. The number of nitrogen functional groups attached to an aromatic ring is 1. The molecule has 4 N–H and O–H groups in total. The van der Waals surface area contributed by atoms with Gasteiger partial charge in [-0.15, -0.1) is 0 Å². The van der Waals surface area contributed by atoms with Gasteiger partial charge in [0.25, 0.3) is 0 Å². The Kier molecular flexibility index (Phi) is 2.17. The molecule has 0 unspecified atom stereocenters. The van der Waals surface area contributed by atoms with Gasteiger partial charge in [-0.05, 0) is 36.7 Å². The van der Waals surface area contributed by atoms with Crippen LogP contribution in [0.1, 0.15) is 5.56 Å². The predicted molar refractivity (Wildman–Crippen MR) is 60.1 cm³/mol. The average molecular weight is 189 g/mol. The van der Waals surface area contributed by atoms with Gasteiger partial charge in [0.05, 0.1) is 0 Å². The number of hydrogen-bond acceptors (Lipinski definition) is 2. The SMILES string of the molecule is Cn1cc(CCN)c2cc(N)ccc21. The Hall–Kier alpha value is -1.48. The van der Waals surface area contributed by atoms with Gasteiger partial charge in [0.15, 0.2) is 0 Å². The van der Waals surface area contributed by atoms with Crippen molar-refractivity contribution in [1.29, 1.82) is 0 Å². The van der Waals surface area contributed by atoms with Crippen LogP contribution in [-0.4, -0.2) is 11.1 Å². The molecule has 2 aromatic rings. The lowest BCUT2D eigenvalue weighted by Gasteiger charge is -1.98. The summed E-state index contributed by atoms with van der Waals surface area (Å²) in [5.41, 5.74) is 14.6. The van der Waals surface area contributed by atoms with Gasteiger partial charge < -0.3 is 16.0 Å². The maximum absolute atomic E-state index is 5.76. The van der Waals surface area contributed by atoms with E-state index >= 15 is 0 Å². The molecular weight excluding hydrogens is 174 g/mol. The van der Waals surface area contributed by atoms with Crippen LogP contribution in [0.15, 0.2) is 24.4 Å². The Bertz CT molecular complexity index is 457. The molecule has 1 heterocycles. The highest BCUT2D eigenvalue weighted by molar-refractivity contribution is 5.86. The molecule has 0 spiro atoms. The Morgan fingerprint density at radius 3 is 2.86 bits per heavy atom. The minimum atomic E-state index is 0.675. The van der Waals surface area contributed by atoms with E-state index in [9.17, 15) is 0 Å². The Labute approximate surface area is 83.3 Å². The van der Waals surface area contributed by atoms with Crippen molar-refractivity contribution in [2.24, 2.45) is 12.8 Å². The van der Waals surface area contributed by atoms with E-state index in [2.05, 4.69) is 10.8 Å². The van der Waals surface area contributed by atoms with Crippen LogP contribution < -0.4 is 11.5 Å². The number of aryl methyl sites for hydroxylation is 1. The molecule has 0 saturated heterocycles. The van der Waals surface area contributed by atoms with Gasteiger partial charge in [-0.2, -0.15) is 0 Å². The van der Waals surface area contributed by atoms with Gasteiger partial charge in [0.1, 0.15) is 0 Å². The van der Waals surface area contributed by atoms with E-state index in [1.807, 2.05) is 25.2 Å². The van der Waals surface area contributed by atoms with E-state index in [0.717, 1.165) is 12.1 Å². The zero-order valence-electron chi connectivity index (χ0n) is 8.33. The Balaban J connectivity index is 2.66. The monoisotopic (exact) mass is 189 g/mol. The van der Waals surface area contributed by atoms with Crippen LogP contribution in [0, 0.1) is 0 Å². The highest BCUT2D eigenvalue weighted by Gasteiger charge is 2.05. The normalized spacial score (nSPS) is 11.0. The fourth-order valence-corrected chi connectivity index (χ4v) is 1.85. The smallest absolute Gasteiger partial charge is 0.0482 e. The van der Waals surface area contributed by atoms with Crippen LogP contribution >= 0.6 is 0 Å². The van der Waals surface area contributed by atoms with Crippen molar-refractivity contribution in [3.05, 3.63) is 30.0 Å². The first-order valence-electron chi connectivity index (χ1n) is 4.76. The van der Waals surface area contributed by atoms with Gasteiger partial charge in [0, 0.05) is 29.8 Å². The predicted octanol–water partition coefficient (Wildman–Crippen LogP) is 1.26. The highest BCUT2D eigenvalue weighted by atomic mass is 14.9. The second-order valence-corrected chi connectivity index (χ2v) is 3.58. The van der Waals surface area contributed by atoms with Crippen molar-refractivity contribution in [3.8, 4) is 0 Å². The molecule has 0 bridgehead atoms. The van der Waals surface area contributed by atoms with Gasteiger partial charge in [-0.1, -0.05) is 0 Å². The molecule has 0 atom stereocenters. The molecule has 0 aliphatic rings. The molecule has 0 radical (unpaired) electrons. The van der Waals surface area contributed by atoms with Crippen LogP contribution in [-0.2, 0) is 13.5 Å². The standard InChI is InChI=1S/C11H15N3/c1-14-7-8(4-5-12)10-6-9(13)2-3-11(10)14/h2-3,6-7H,4-5,12-13H2,1H3. The van der Waals surface area contributed by atoms with Gasteiger partial charge in [0.2, 0.25) is 0 Å². The molecular formula is C11H15N3. The quantitative estimate of drug-likeness (QED) is 0.699. The molecule has 1 aromatic carbocycles. The maximum atomic E-state index is 5.76. The molecule has 74 valence electrons. The summed E-state index contributed by atoms with van der Waals surface area (Å²) in [5, 5.41) is 1.22. The summed E-state index contributed by atoms with van der Waals surface area (Å²) < 4.78 is 2.11. The third kappa shape index (κ3) is 1.36. The van der Waals surface area contributed by atoms with Crippen molar-refractivity contribution >= 4 is 16.6 Å². The number of fused-ring (bicyclic) bond motifs is 1. The number of nitrogens with zero attached hydrogens (tertiary/aromatic N) is 1. The zero-order chi connectivity index (χ0) is 10.1. The van der Waals surface area contributed by atoms with Crippen LogP contribution in [0.3, 0.4) is 0 Å². The molecule has 0 fully saturated rings. The summed E-state index contributed by atoms with van der Waals surface area (Å²) in [4.78, 5) is 0. The fraction of sp³-hybridized carbons (Fsp3) is 0.273. The van der Waals surface area contributed by atoms with E-state index < -0.39 is 0 Å². The first-order valence-corrected chi connectivity index (χ1v) is 4.76. The molecule has 0 amide bonds. The zero-order valence-corrected chi connectivity index (χ0v) is 8.33. The lowest BCUT2D eigenvalue weighted by atomic mass is 10.1. The lowest BCUT2D eigenvalue weighted by Crippen LogP contribution is -2.02. The van der Waals surface area contributed by atoms with Crippen LogP contribution in [0.5, 0.6) is 0 Å². The fourth-order valence-electron chi connectivity index (χ4n) is 1.85. The van der Waals surface area contributed by atoms with E-state index in [0.29, 0.717) is 6.54 Å². The van der Waals surface area contributed by atoms with Crippen molar-refractivity contribution in [2.75, 3.05) is 12.3 Å². The van der Waals surface area contributed by atoms with Crippen LogP contribution in [0.25, 0.3) is 10.9 Å². The van der Waals surface area contributed by atoms with Crippen LogP contribution in [0.4, 0.5) is 5.69 Å². The van der Waals surface area contributed by atoms with Crippen molar-refractivity contribution < 1.29 is 0 Å². The van der Waals surface area contributed by atoms with Crippen LogP contribution in [0.2, 0.25) is 0 Å². The number of hydrogen-bond donors (Lipinski definition) is 2. The lowest BCUT2D eigenvalue weighted by molar-refractivity contribution is 0.929. The molecule has 3 heteroatoms. The summed E-state index contributed by atoms with van der Waals surface area (Å²) in [7, 11) is 2.04. The van der Waals surface area contributed by atoms with Gasteiger partial charge >= 0.3 is 0 Å². The van der Waals surface area contributed by atoms with Gasteiger partial charge in [-0.25, -0.2) is 0 Å². The van der Waals surface area contributed by atoms with E-state index in [4.69, 9.17) is 11.5 Å². The second kappa shape index (κ2) is 3.35. The summed E-state index contributed by atoms with van der Waals surface area (Å²) >= 11 is 0. The third-order valence-corrected chi connectivity index (χ3v) is 2.51. The first-order chi connectivity index (χ1) is 6.72. The molecule has 3 nitrogen and oxygen atoms in total. The Morgan fingerprint density at radius 1 is 1.36 bits per heavy atom. The summed E-state index contributed by atoms with van der Waals surface area (Å²) in [5.74, 6) is 0. The van der Waals surface area contributed by atoms with E-state index in [-0.39, 0.29) is 0 Å². The maximum Gasteiger partial charge on any atom is 0.0482 e. The summed E-state index contributed by atoms with van der Waals surface area (Å²) in [6.07, 6.45) is 3.03. The molecule has 2 rings (SSSR count). The first kappa shape index (κ1) is 9.09. The Morgan fingerprint density at radius 2 is 2.14 bits per heavy atom. The molecule has 0 aliphatic carbocycles. The number of aromatic nitrogens is 1. The van der Waals surface area contributed by atoms with Crippen molar-refractivity contribution in [1.82, 2.24) is 4.57 Å². The highest BCUT2D eigenvalue weighted by Crippen LogP contribution is 2.23. The van der Waals surface area contributed by atoms with Gasteiger partial charge in [-0.3, -0.25) is 0 Å². The number of nitrogens with two attached hydrogens (primary N) is 2. The number of rotatable bonds is 2. The van der Waals surface area contributed by atoms with E-state index in [1.54, 1.807) is 0 Å². The number of benzene rings is 1. The molecule has 0 saturated carbocycles. The van der Waals surface area contributed by atoms with Crippen molar-refractivity contribution in [3.63, 3.8) is 0 Å². The minimum absolute atomic E-state index is 0.675. The summed E-state index contributed by atoms with van der Waals surface area (Å²) in [6.45, 7) is 0.675. The average Bonchev–Trinajstić information content (AvgIpc) is 2.44. The largest absolute Gasteiger partial charge is 0.399 e. The van der Waals surface area contributed by atoms with Crippen molar-refractivity contribution in [2.45, 2.75) is 6.42 Å². The molecule has 14 heavy (non-hydrogen) atoms. The molecule has 1 aromatic heterocycles. The second-order valence-electron chi connectivity index (χ2n) is 3.58. The minimum Gasteiger partial charge on any atom is -0.399 e. The third-order valence-electron chi connectivity index (χ3n) is 2.51. The van der Waals surface area contributed by atoms with E-state index in [1.165, 1.54) is 16.5 Å². The molecule has 0 aliphatic heterocycles. The number of anilines is 1. The topological polar surface area (TPSA) is 57.0 Å².